The number of benzene rings is 1. The fourth-order valence-electron chi connectivity index (χ4n) is 0.795. The summed E-state index contributed by atoms with van der Waals surface area (Å²) in [7, 11) is 1.74. The highest BCUT2D eigenvalue weighted by Gasteiger charge is 1.93. The topological polar surface area (TPSA) is 67.5 Å². The van der Waals surface area contributed by atoms with Gasteiger partial charge < -0.3 is 20.9 Å². The molecule has 4 nitrogen and oxygen atoms in total. The maximum Gasteiger partial charge on any atom is 0.256 e. The van der Waals surface area contributed by atoms with Crippen molar-refractivity contribution in [3.8, 4) is 0 Å². The molecular formula is C10H14N2O2S2. The first-order chi connectivity index (χ1) is 7.56. The van der Waals surface area contributed by atoms with Gasteiger partial charge in [0.15, 0.2) is 0 Å². The lowest BCUT2D eigenvalue weighted by Gasteiger charge is -2.05. The summed E-state index contributed by atoms with van der Waals surface area (Å²) in [4.78, 5) is 0. The number of thiocarbonyl (C=S) groups is 2. The standard InChI is InChI=1S/C9H11NOS.CH3NOS/c1-10-9(12)11-7-8-5-3-2-4-6-8;2-1(3)4/h2-6H,7H2,1H3,(H,10,12);(H3,2,3,4). The molecular weight excluding hydrogens is 244 g/mol. The molecule has 1 aromatic rings. The quantitative estimate of drug-likeness (QED) is 0.699. The molecule has 0 saturated carbocycles. The molecule has 1 aromatic carbocycles. The van der Waals surface area contributed by atoms with Crippen molar-refractivity contribution >= 4 is 34.8 Å². The van der Waals surface area contributed by atoms with E-state index in [1.165, 1.54) is 0 Å². The summed E-state index contributed by atoms with van der Waals surface area (Å²) in [5.41, 5.74) is 5.52. The van der Waals surface area contributed by atoms with E-state index in [9.17, 15) is 0 Å². The Bertz CT molecular complexity index is 327. The summed E-state index contributed by atoms with van der Waals surface area (Å²) >= 11 is 8.69. The Morgan fingerprint density at radius 1 is 1.38 bits per heavy atom. The van der Waals surface area contributed by atoms with Crippen LogP contribution in [0, 0.1) is 0 Å². The van der Waals surface area contributed by atoms with Gasteiger partial charge in [0.05, 0.1) is 0 Å². The van der Waals surface area contributed by atoms with Crippen LogP contribution in [0.5, 0.6) is 0 Å². The third-order valence-electron chi connectivity index (χ3n) is 1.42. The van der Waals surface area contributed by atoms with Gasteiger partial charge in [-0.2, -0.15) is 0 Å². The average Bonchev–Trinajstić information content (AvgIpc) is 2.26. The fourth-order valence-corrected chi connectivity index (χ4v) is 0.854. The van der Waals surface area contributed by atoms with Crippen molar-refractivity contribution in [3.05, 3.63) is 35.9 Å². The maximum atomic E-state index is 7.56. The Morgan fingerprint density at radius 2 is 1.88 bits per heavy atom. The number of nitrogens with two attached hydrogens (primary N) is 1. The third kappa shape index (κ3) is 9.17. The summed E-state index contributed by atoms with van der Waals surface area (Å²) in [5.74, 6) is 0. The number of hydrogen-bond donors (Lipinski definition) is 3. The van der Waals surface area contributed by atoms with Crippen LogP contribution < -0.4 is 11.1 Å². The van der Waals surface area contributed by atoms with Gasteiger partial charge in [0.1, 0.15) is 6.61 Å². The Labute approximate surface area is 105 Å². The number of aliphatic hydroxyl groups is 1. The molecule has 0 aliphatic carbocycles. The molecule has 6 heteroatoms. The Morgan fingerprint density at radius 3 is 2.31 bits per heavy atom. The van der Waals surface area contributed by atoms with Crippen molar-refractivity contribution in [1.82, 2.24) is 5.32 Å². The van der Waals surface area contributed by atoms with E-state index in [0.717, 1.165) is 5.56 Å². The number of nitrogens with one attached hydrogen (secondary N) is 1. The summed E-state index contributed by atoms with van der Waals surface area (Å²) in [6.45, 7) is 0.528. The molecule has 0 atom stereocenters. The predicted octanol–water partition coefficient (Wildman–Crippen LogP) is 1.50. The summed E-state index contributed by atoms with van der Waals surface area (Å²) in [5, 5.41) is 10.2. The second-order valence-electron chi connectivity index (χ2n) is 2.65. The zero-order chi connectivity index (χ0) is 12.4. The molecule has 0 heterocycles. The van der Waals surface area contributed by atoms with Gasteiger partial charge in [0.25, 0.3) is 10.3 Å². The lowest BCUT2D eigenvalue weighted by Crippen LogP contribution is -2.18. The van der Waals surface area contributed by atoms with Crippen molar-refractivity contribution < 1.29 is 9.84 Å². The Balaban J connectivity index is 0.000000487. The van der Waals surface area contributed by atoms with E-state index in [1.54, 1.807) is 7.05 Å². The molecule has 0 aliphatic heterocycles. The molecule has 0 saturated heterocycles. The molecule has 0 spiro atoms. The van der Waals surface area contributed by atoms with Crippen molar-refractivity contribution in [1.29, 1.82) is 0 Å². The number of hydrogen-bond acceptors (Lipinski definition) is 3. The Hall–Kier alpha value is -1.40. The highest BCUT2D eigenvalue weighted by Crippen LogP contribution is 1.99. The van der Waals surface area contributed by atoms with Crippen molar-refractivity contribution in [2.24, 2.45) is 5.73 Å². The molecule has 88 valence electrons. The zero-order valence-electron chi connectivity index (χ0n) is 8.84. The average molecular weight is 258 g/mol. The molecule has 0 aliphatic rings. The number of aliphatic hydroxyl groups excluding tert-OH is 1. The van der Waals surface area contributed by atoms with Crippen LogP contribution >= 0.6 is 24.4 Å². The van der Waals surface area contributed by atoms with Gasteiger partial charge >= 0.3 is 0 Å². The van der Waals surface area contributed by atoms with E-state index in [2.05, 4.69) is 23.3 Å². The minimum Gasteiger partial charge on any atom is -0.487 e. The Kier molecular flexibility index (Phi) is 8.10. The van der Waals surface area contributed by atoms with E-state index < -0.39 is 5.17 Å². The minimum absolute atomic E-state index is 0.429. The molecule has 0 unspecified atom stereocenters. The summed E-state index contributed by atoms with van der Waals surface area (Å²) < 4.78 is 5.20. The van der Waals surface area contributed by atoms with Gasteiger partial charge in [0.2, 0.25) is 0 Å². The van der Waals surface area contributed by atoms with Crippen LogP contribution in [0.15, 0.2) is 30.3 Å². The summed E-state index contributed by atoms with van der Waals surface area (Å²) in [6.07, 6.45) is 0. The second kappa shape index (κ2) is 8.87. The smallest absolute Gasteiger partial charge is 0.256 e. The second-order valence-corrected chi connectivity index (χ2v) is 3.44. The predicted molar refractivity (Wildman–Crippen MR) is 72.3 cm³/mol. The fraction of sp³-hybridized carbons (Fsp3) is 0.200. The van der Waals surface area contributed by atoms with E-state index in [0.29, 0.717) is 11.8 Å². The van der Waals surface area contributed by atoms with Gasteiger partial charge in [-0.1, -0.05) is 30.3 Å². The van der Waals surface area contributed by atoms with E-state index >= 15 is 0 Å². The van der Waals surface area contributed by atoms with E-state index in [-0.39, 0.29) is 0 Å². The first kappa shape index (κ1) is 14.6. The minimum atomic E-state index is -0.500. The normalized spacial score (nSPS) is 8.31. The number of rotatable bonds is 2. The summed E-state index contributed by atoms with van der Waals surface area (Å²) in [6, 6.07) is 9.92. The monoisotopic (exact) mass is 258 g/mol. The van der Waals surface area contributed by atoms with Crippen LogP contribution in [-0.4, -0.2) is 22.5 Å². The molecule has 0 amide bonds. The SMILES string of the molecule is CNC(=S)OCc1ccccc1.NC(O)=S. The van der Waals surface area contributed by atoms with Gasteiger partial charge in [-0.15, -0.1) is 0 Å². The zero-order valence-corrected chi connectivity index (χ0v) is 10.5. The molecule has 0 aromatic heterocycles. The van der Waals surface area contributed by atoms with Crippen LogP contribution in [0.4, 0.5) is 0 Å². The van der Waals surface area contributed by atoms with Crippen LogP contribution in [0.1, 0.15) is 5.56 Å². The molecule has 0 bridgehead atoms. The molecule has 0 fully saturated rings. The maximum absolute atomic E-state index is 7.56. The largest absolute Gasteiger partial charge is 0.487 e. The van der Waals surface area contributed by atoms with Crippen LogP contribution in [0.3, 0.4) is 0 Å². The van der Waals surface area contributed by atoms with Crippen molar-refractivity contribution in [2.45, 2.75) is 6.61 Å². The lowest BCUT2D eigenvalue weighted by molar-refractivity contribution is 0.289. The third-order valence-corrected chi connectivity index (χ3v) is 1.74. The van der Waals surface area contributed by atoms with Gasteiger partial charge in [-0.3, -0.25) is 0 Å². The van der Waals surface area contributed by atoms with E-state index in [4.69, 9.17) is 22.1 Å². The molecule has 4 N–H and O–H groups in total. The van der Waals surface area contributed by atoms with Crippen LogP contribution in [0.25, 0.3) is 0 Å². The van der Waals surface area contributed by atoms with Gasteiger partial charge in [-0.25, -0.2) is 0 Å². The van der Waals surface area contributed by atoms with Gasteiger partial charge in [-0.05, 0) is 30.0 Å². The lowest BCUT2D eigenvalue weighted by atomic mass is 10.2. The van der Waals surface area contributed by atoms with Crippen molar-refractivity contribution in [3.63, 3.8) is 0 Å². The van der Waals surface area contributed by atoms with Crippen LogP contribution in [0.2, 0.25) is 0 Å². The highest BCUT2D eigenvalue weighted by atomic mass is 32.1. The van der Waals surface area contributed by atoms with E-state index in [1.807, 2.05) is 30.3 Å². The molecule has 1 rings (SSSR count). The highest BCUT2D eigenvalue weighted by molar-refractivity contribution is 7.80. The number of ether oxygens (including phenoxy) is 1. The van der Waals surface area contributed by atoms with Gasteiger partial charge in [0, 0.05) is 7.05 Å². The first-order valence-corrected chi connectivity index (χ1v) is 5.24. The van der Waals surface area contributed by atoms with Crippen LogP contribution in [-0.2, 0) is 11.3 Å². The van der Waals surface area contributed by atoms with Crippen molar-refractivity contribution in [2.75, 3.05) is 7.05 Å². The molecule has 0 radical (unpaired) electrons. The first-order valence-electron chi connectivity index (χ1n) is 4.43. The molecule has 16 heavy (non-hydrogen) atoms.